The zero-order valence-corrected chi connectivity index (χ0v) is 9.64. The molecule has 0 bridgehead atoms. The van der Waals surface area contributed by atoms with Crippen molar-refractivity contribution >= 4 is 15.9 Å². The van der Waals surface area contributed by atoms with Crippen LogP contribution < -0.4 is 10.1 Å². The predicted octanol–water partition coefficient (Wildman–Crippen LogP) is 2.45. The first-order valence-corrected chi connectivity index (χ1v) is 6.03. The van der Waals surface area contributed by atoms with Crippen LogP contribution in [0, 0.1) is 0 Å². The maximum absolute atomic E-state index is 5.55. The van der Waals surface area contributed by atoms with Gasteiger partial charge in [0.15, 0.2) is 0 Å². The number of nitrogens with one attached hydrogen (secondary N) is 1. The van der Waals surface area contributed by atoms with Crippen LogP contribution in [0.3, 0.4) is 0 Å². The number of ether oxygens (including phenoxy) is 1. The van der Waals surface area contributed by atoms with Crippen LogP contribution in [0.5, 0.6) is 5.75 Å². The van der Waals surface area contributed by atoms with Gasteiger partial charge in [0.25, 0.3) is 0 Å². The quantitative estimate of drug-likeness (QED) is 0.662. The second-order valence-electron chi connectivity index (χ2n) is 3.45. The second-order valence-corrected chi connectivity index (χ2v) is 4.02. The Morgan fingerprint density at radius 1 is 1.43 bits per heavy atom. The molecular weight excluding hydrogens is 242 g/mol. The first-order valence-electron chi connectivity index (χ1n) is 4.91. The van der Waals surface area contributed by atoms with Crippen LogP contribution in [0.4, 0.5) is 0 Å². The number of benzene rings is 1. The molecule has 1 aliphatic heterocycles. The Bertz CT molecular complexity index is 314. The number of rotatable bonds is 3. The number of alkyl halides is 1. The van der Waals surface area contributed by atoms with Gasteiger partial charge >= 0.3 is 0 Å². The van der Waals surface area contributed by atoms with Crippen LogP contribution in [0.25, 0.3) is 0 Å². The fourth-order valence-electron chi connectivity index (χ4n) is 1.72. The zero-order valence-electron chi connectivity index (χ0n) is 8.05. The van der Waals surface area contributed by atoms with Gasteiger partial charge in [0, 0.05) is 6.54 Å². The van der Waals surface area contributed by atoms with E-state index in [0.717, 1.165) is 37.2 Å². The molecule has 2 rings (SSSR count). The fraction of sp³-hybridized carbons (Fsp3) is 0.455. The summed E-state index contributed by atoms with van der Waals surface area (Å²) in [5, 5.41) is 3.25. The highest BCUT2D eigenvalue weighted by Gasteiger charge is 2.09. The summed E-state index contributed by atoms with van der Waals surface area (Å²) in [6.45, 7) is 1.78. The smallest absolute Gasteiger partial charge is 0.122 e. The van der Waals surface area contributed by atoms with Crippen molar-refractivity contribution in [1.82, 2.24) is 5.32 Å². The molecule has 0 saturated carbocycles. The van der Waals surface area contributed by atoms with Crippen LogP contribution in [-0.4, -0.2) is 12.1 Å². The van der Waals surface area contributed by atoms with Crippen LogP contribution in [0.15, 0.2) is 18.2 Å². The second kappa shape index (κ2) is 4.80. The van der Waals surface area contributed by atoms with Gasteiger partial charge in [-0.25, -0.2) is 0 Å². The molecule has 14 heavy (non-hydrogen) atoms. The summed E-state index contributed by atoms with van der Waals surface area (Å²) in [6.07, 6.45) is 2.29. The topological polar surface area (TPSA) is 21.3 Å². The van der Waals surface area contributed by atoms with E-state index >= 15 is 0 Å². The Balaban J connectivity index is 2.12. The Hall–Kier alpha value is -0.540. The highest BCUT2D eigenvalue weighted by Crippen LogP contribution is 2.25. The molecule has 0 fully saturated rings. The standard InChI is InChI=1S/C11H14BrNO/c12-8-13-7-9-3-4-11-10(6-9)2-1-5-14-11/h3-4,6,13H,1-2,5,7-8H2. The molecule has 0 spiro atoms. The lowest BCUT2D eigenvalue weighted by atomic mass is 10.0. The van der Waals surface area contributed by atoms with Gasteiger partial charge < -0.3 is 10.1 Å². The predicted molar refractivity (Wildman–Crippen MR) is 60.9 cm³/mol. The van der Waals surface area contributed by atoms with E-state index in [-0.39, 0.29) is 0 Å². The van der Waals surface area contributed by atoms with Crippen molar-refractivity contribution in [2.75, 3.05) is 12.1 Å². The molecule has 2 nitrogen and oxygen atoms in total. The molecule has 0 aromatic heterocycles. The van der Waals surface area contributed by atoms with E-state index in [1.165, 1.54) is 11.1 Å². The summed E-state index contributed by atoms with van der Waals surface area (Å²) < 4.78 is 5.55. The summed E-state index contributed by atoms with van der Waals surface area (Å²) in [7, 11) is 0. The van der Waals surface area contributed by atoms with Gasteiger partial charge in [-0.15, -0.1) is 0 Å². The zero-order chi connectivity index (χ0) is 9.80. The minimum atomic E-state index is 0.834. The van der Waals surface area contributed by atoms with Crippen LogP contribution in [-0.2, 0) is 13.0 Å². The SMILES string of the molecule is BrCNCc1ccc2c(c1)CCCO2. The van der Waals surface area contributed by atoms with E-state index < -0.39 is 0 Å². The molecule has 1 aromatic carbocycles. The van der Waals surface area contributed by atoms with Gasteiger partial charge in [0.2, 0.25) is 0 Å². The Morgan fingerprint density at radius 3 is 3.21 bits per heavy atom. The number of halogens is 1. The average molecular weight is 256 g/mol. The lowest BCUT2D eigenvalue weighted by Gasteiger charge is -2.17. The van der Waals surface area contributed by atoms with E-state index in [1.807, 2.05) is 0 Å². The van der Waals surface area contributed by atoms with Crippen LogP contribution in [0.1, 0.15) is 17.5 Å². The van der Waals surface area contributed by atoms with E-state index in [2.05, 4.69) is 39.4 Å². The molecule has 0 unspecified atom stereocenters. The molecule has 0 atom stereocenters. The van der Waals surface area contributed by atoms with Gasteiger partial charge in [0.05, 0.1) is 12.1 Å². The van der Waals surface area contributed by atoms with E-state index in [4.69, 9.17) is 4.74 Å². The molecule has 76 valence electrons. The molecule has 3 heteroatoms. The van der Waals surface area contributed by atoms with Crippen LogP contribution in [0.2, 0.25) is 0 Å². The van der Waals surface area contributed by atoms with Gasteiger partial charge in [-0.2, -0.15) is 0 Å². The van der Waals surface area contributed by atoms with Crippen molar-refractivity contribution in [3.8, 4) is 5.75 Å². The van der Waals surface area contributed by atoms with Gasteiger partial charge in [0.1, 0.15) is 5.75 Å². The first kappa shape index (κ1) is 9.99. The summed E-state index contributed by atoms with van der Waals surface area (Å²) in [4.78, 5) is 0. The maximum atomic E-state index is 5.55. The van der Waals surface area contributed by atoms with E-state index in [9.17, 15) is 0 Å². The molecular formula is C11H14BrNO. The summed E-state index contributed by atoms with van der Waals surface area (Å²) in [5.41, 5.74) is 3.51. The molecule has 0 saturated heterocycles. The highest BCUT2D eigenvalue weighted by atomic mass is 79.9. The minimum absolute atomic E-state index is 0.834. The maximum Gasteiger partial charge on any atom is 0.122 e. The Kier molecular flexibility index (Phi) is 3.43. The largest absolute Gasteiger partial charge is 0.493 e. The third-order valence-corrected chi connectivity index (χ3v) is 2.79. The van der Waals surface area contributed by atoms with Crippen molar-refractivity contribution in [1.29, 1.82) is 0 Å². The number of aryl methyl sites for hydroxylation is 1. The normalized spacial score (nSPS) is 14.6. The fourth-order valence-corrected chi connectivity index (χ4v) is 1.91. The van der Waals surface area contributed by atoms with Crippen molar-refractivity contribution in [3.63, 3.8) is 0 Å². The van der Waals surface area contributed by atoms with Crippen molar-refractivity contribution in [2.24, 2.45) is 0 Å². The van der Waals surface area contributed by atoms with Gasteiger partial charge in [-0.1, -0.05) is 28.1 Å². The van der Waals surface area contributed by atoms with E-state index in [1.54, 1.807) is 0 Å². The first-order chi connectivity index (χ1) is 6.90. The Morgan fingerprint density at radius 2 is 2.36 bits per heavy atom. The third kappa shape index (κ3) is 2.28. The molecule has 1 aliphatic rings. The monoisotopic (exact) mass is 255 g/mol. The van der Waals surface area contributed by atoms with E-state index in [0.29, 0.717) is 0 Å². The minimum Gasteiger partial charge on any atom is -0.493 e. The van der Waals surface area contributed by atoms with Gasteiger partial charge in [-0.3, -0.25) is 0 Å². The summed E-state index contributed by atoms with van der Waals surface area (Å²) in [6, 6.07) is 6.45. The number of fused-ring (bicyclic) bond motifs is 1. The molecule has 0 radical (unpaired) electrons. The molecule has 1 heterocycles. The molecule has 1 N–H and O–H groups in total. The summed E-state index contributed by atoms with van der Waals surface area (Å²) in [5.74, 6) is 1.07. The lowest BCUT2D eigenvalue weighted by Crippen LogP contribution is -2.12. The van der Waals surface area contributed by atoms with Gasteiger partial charge in [-0.05, 0) is 30.0 Å². The number of hydrogen-bond donors (Lipinski definition) is 1. The molecule has 1 aromatic rings. The Labute approximate surface area is 92.8 Å². The van der Waals surface area contributed by atoms with Crippen molar-refractivity contribution in [3.05, 3.63) is 29.3 Å². The van der Waals surface area contributed by atoms with Crippen LogP contribution >= 0.6 is 15.9 Å². The average Bonchev–Trinajstić information content (AvgIpc) is 2.26. The molecule has 0 aliphatic carbocycles. The van der Waals surface area contributed by atoms with Crippen molar-refractivity contribution < 1.29 is 4.74 Å². The third-order valence-electron chi connectivity index (χ3n) is 2.40. The lowest BCUT2D eigenvalue weighted by molar-refractivity contribution is 0.288. The summed E-state index contributed by atoms with van der Waals surface area (Å²) >= 11 is 3.35. The highest BCUT2D eigenvalue weighted by molar-refractivity contribution is 9.09. The molecule has 0 amide bonds. The number of hydrogen-bond acceptors (Lipinski definition) is 2. The van der Waals surface area contributed by atoms with Crippen molar-refractivity contribution in [2.45, 2.75) is 19.4 Å².